The first-order valence-corrected chi connectivity index (χ1v) is 9.67. The van der Waals surface area contributed by atoms with Gasteiger partial charge in [0, 0.05) is 18.4 Å². The fourth-order valence-electron chi connectivity index (χ4n) is 2.05. The van der Waals surface area contributed by atoms with Gasteiger partial charge in [-0.2, -0.15) is 0 Å². The van der Waals surface area contributed by atoms with Gasteiger partial charge in [-0.3, -0.25) is 4.67 Å². The van der Waals surface area contributed by atoms with Gasteiger partial charge >= 0.3 is 0 Å². The van der Waals surface area contributed by atoms with E-state index in [2.05, 4.69) is 35.9 Å². The van der Waals surface area contributed by atoms with Crippen LogP contribution in [-0.2, 0) is 11.8 Å². The van der Waals surface area contributed by atoms with E-state index in [0.29, 0.717) is 0 Å². The number of benzene rings is 1. The van der Waals surface area contributed by atoms with E-state index in [9.17, 15) is 0 Å². The van der Waals surface area contributed by atoms with Crippen molar-refractivity contribution in [2.45, 2.75) is 26.2 Å². The van der Waals surface area contributed by atoms with Gasteiger partial charge in [-0.25, -0.2) is 0 Å². The Morgan fingerprint density at radius 3 is 2.25 bits per heavy atom. The highest BCUT2D eigenvalue weighted by atomic mass is 32.9. The molecule has 1 aromatic rings. The number of aryl methyl sites for hydroxylation is 1. The van der Waals surface area contributed by atoms with Crippen LogP contribution < -0.4 is 5.30 Å². The molecule has 0 radical (unpaired) electrons. The topological polar surface area (TPSA) is 3.24 Å². The molecule has 1 nitrogen and oxygen atoms in total. The molecule has 0 bridgehead atoms. The molecule has 0 aliphatic carbocycles. The molecule has 1 atom stereocenters. The Morgan fingerprint density at radius 1 is 1.12 bits per heavy atom. The first kappa shape index (κ1) is 12.6. The van der Waals surface area contributed by atoms with Crippen LogP contribution in [0.4, 0.5) is 0 Å². The molecule has 16 heavy (non-hydrogen) atoms. The van der Waals surface area contributed by atoms with Crippen molar-refractivity contribution in [3.8, 4) is 0 Å². The second kappa shape index (κ2) is 5.22. The summed E-state index contributed by atoms with van der Waals surface area (Å²) in [4.78, 5) is 0. The maximum absolute atomic E-state index is 5.77. The molecule has 2 rings (SSSR count). The summed E-state index contributed by atoms with van der Waals surface area (Å²) in [7, 11) is 0. The molecule has 0 aromatic heterocycles. The van der Waals surface area contributed by atoms with E-state index in [0.717, 1.165) is 13.1 Å². The predicted molar refractivity (Wildman–Crippen MR) is 79.5 cm³/mol. The number of hydrogen-bond acceptors (Lipinski definition) is 1. The zero-order valence-corrected chi connectivity index (χ0v) is 12.2. The summed E-state index contributed by atoms with van der Waals surface area (Å²) in [6.45, 7) is 4.34. The third kappa shape index (κ3) is 2.70. The highest BCUT2D eigenvalue weighted by Crippen LogP contribution is 2.54. The minimum atomic E-state index is -1.78. The maximum atomic E-state index is 5.77. The Hall–Kier alpha value is 0.180. The summed E-state index contributed by atoms with van der Waals surface area (Å²) in [6, 6.07) is 8.57. The van der Waals surface area contributed by atoms with Crippen LogP contribution in [0.5, 0.6) is 0 Å². The average Bonchev–Trinajstić information content (AvgIpc) is 2.31. The van der Waals surface area contributed by atoms with Crippen LogP contribution in [0.15, 0.2) is 24.3 Å². The van der Waals surface area contributed by atoms with Gasteiger partial charge in [0.05, 0.1) is 5.39 Å². The average molecular weight is 271 g/mol. The Bertz CT molecular complexity index is 396. The van der Waals surface area contributed by atoms with Crippen molar-refractivity contribution >= 4 is 34.8 Å². The van der Waals surface area contributed by atoms with Crippen molar-refractivity contribution in [2.75, 3.05) is 13.1 Å². The standard InChI is InChI=1S/C12H18NPS2/c1-11-5-7-12(8-6-11)14(15,16)13-9-3-2-4-10-13/h5-8H,2-4,9-10H2,1H3,(H,15,16). The van der Waals surface area contributed by atoms with Crippen LogP contribution >= 0.6 is 17.6 Å². The molecule has 1 saturated heterocycles. The van der Waals surface area contributed by atoms with E-state index < -0.39 is 5.39 Å². The van der Waals surface area contributed by atoms with Gasteiger partial charge in [0.25, 0.3) is 0 Å². The number of piperidine rings is 1. The lowest BCUT2D eigenvalue weighted by atomic mass is 10.2. The molecule has 1 heterocycles. The molecule has 88 valence electrons. The molecule has 4 heteroatoms. The molecule has 0 amide bonds. The van der Waals surface area contributed by atoms with Crippen molar-refractivity contribution in [1.82, 2.24) is 4.67 Å². The van der Waals surface area contributed by atoms with Gasteiger partial charge in [0.15, 0.2) is 0 Å². The van der Waals surface area contributed by atoms with E-state index in [1.807, 2.05) is 0 Å². The monoisotopic (exact) mass is 271 g/mol. The quantitative estimate of drug-likeness (QED) is 0.649. The summed E-state index contributed by atoms with van der Waals surface area (Å²) in [5.41, 5.74) is 1.28. The highest BCUT2D eigenvalue weighted by Gasteiger charge is 2.25. The maximum Gasteiger partial charge on any atom is 0.0923 e. The van der Waals surface area contributed by atoms with Crippen LogP contribution in [0, 0.1) is 6.92 Å². The largest absolute Gasteiger partial charge is 0.264 e. The minimum Gasteiger partial charge on any atom is -0.264 e. The van der Waals surface area contributed by atoms with Gasteiger partial charge < -0.3 is 0 Å². The van der Waals surface area contributed by atoms with Crippen LogP contribution in [0.25, 0.3) is 0 Å². The summed E-state index contributed by atoms with van der Waals surface area (Å²) < 4.78 is 2.42. The third-order valence-corrected chi connectivity index (χ3v) is 8.00. The SMILES string of the molecule is Cc1ccc(P(=S)(S)N2CCCCC2)cc1. The van der Waals surface area contributed by atoms with Crippen molar-refractivity contribution in [3.05, 3.63) is 29.8 Å². The highest BCUT2D eigenvalue weighted by molar-refractivity contribution is 8.65. The normalized spacial score (nSPS) is 21.6. The van der Waals surface area contributed by atoms with E-state index in [1.54, 1.807) is 0 Å². The zero-order chi connectivity index (χ0) is 11.6. The molecular formula is C12H18NPS2. The first-order chi connectivity index (χ1) is 7.60. The van der Waals surface area contributed by atoms with Crippen LogP contribution in [0.2, 0.25) is 0 Å². The first-order valence-electron chi connectivity index (χ1n) is 5.76. The Labute approximate surface area is 108 Å². The lowest BCUT2D eigenvalue weighted by Gasteiger charge is -2.34. The molecular weight excluding hydrogens is 253 g/mol. The fraction of sp³-hybridized carbons (Fsp3) is 0.500. The Morgan fingerprint density at radius 2 is 1.69 bits per heavy atom. The minimum absolute atomic E-state index is 1.12. The molecule has 0 N–H and O–H groups in total. The summed E-state index contributed by atoms with van der Waals surface area (Å²) in [5, 5.41) is -0.544. The van der Waals surface area contributed by atoms with Crippen molar-refractivity contribution in [3.63, 3.8) is 0 Å². The van der Waals surface area contributed by atoms with Crippen LogP contribution in [0.3, 0.4) is 0 Å². The second-order valence-corrected chi connectivity index (χ2v) is 10.7. The number of hydrogen-bond donors (Lipinski definition) is 1. The predicted octanol–water partition coefficient (Wildman–Crippen LogP) is 3.35. The van der Waals surface area contributed by atoms with Gasteiger partial charge in [0.2, 0.25) is 0 Å². The van der Waals surface area contributed by atoms with Crippen molar-refractivity contribution in [2.24, 2.45) is 0 Å². The van der Waals surface area contributed by atoms with Crippen LogP contribution in [-0.4, -0.2) is 17.8 Å². The van der Waals surface area contributed by atoms with E-state index >= 15 is 0 Å². The van der Waals surface area contributed by atoms with E-state index in [-0.39, 0.29) is 0 Å². The lowest BCUT2D eigenvalue weighted by molar-refractivity contribution is 0.375. The third-order valence-electron chi connectivity index (χ3n) is 3.09. The Balaban J connectivity index is 2.23. The van der Waals surface area contributed by atoms with Gasteiger partial charge in [-0.05, 0) is 19.8 Å². The summed E-state index contributed by atoms with van der Waals surface area (Å²) in [5.74, 6) is 0. The molecule has 0 spiro atoms. The van der Waals surface area contributed by atoms with Crippen molar-refractivity contribution in [1.29, 1.82) is 0 Å². The number of rotatable bonds is 2. The smallest absolute Gasteiger partial charge is 0.0923 e. The van der Waals surface area contributed by atoms with Gasteiger partial charge in [0.1, 0.15) is 0 Å². The summed E-state index contributed by atoms with van der Waals surface area (Å²) >= 11 is 10.6. The van der Waals surface area contributed by atoms with Crippen molar-refractivity contribution < 1.29 is 0 Å². The van der Waals surface area contributed by atoms with Gasteiger partial charge in [-0.1, -0.05) is 48.1 Å². The molecule has 1 aliphatic heterocycles. The van der Waals surface area contributed by atoms with Gasteiger partial charge in [-0.15, -0.1) is 12.2 Å². The van der Waals surface area contributed by atoms with Crippen LogP contribution in [0.1, 0.15) is 24.8 Å². The second-order valence-electron chi connectivity index (χ2n) is 4.39. The number of nitrogens with zero attached hydrogens (tertiary/aromatic N) is 1. The molecule has 1 unspecified atom stereocenters. The Kier molecular flexibility index (Phi) is 4.12. The summed E-state index contributed by atoms with van der Waals surface area (Å²) in [6.07, 6.45) is 3.88. The number of thiol groups is 1. The molecule has 1 fully saturated rings. The van der Waals surface area contributed by atoms with E-state index in [1.165, 1.54) is 30.1 Å². The molecule has 0 saturated carbocycles. The molecule has 1 aliphatic rings. The lowest BCUT2D eigenvalue weighted by Crippen LogP contribution is -2.28. The molecule has 1 aromatic carbocycles. The van der Waals surface area contributed by atoms with E-state index in [4.69, 9.17) is 24.1 Å². The zero-order valence-electron chi connectivity index (χ0n) is 9.59. The fourth-order valence-corrected chi connectivity index (χ4v) is 5.53.